The van der Waals surface area contributed by atoms with E-state index in [0.717, 1.165) is 0 Å². The molecule has 0 bridgehead atoms. The number of hydrogen-bond acceptors (Lipinski definition) is 5. The standard InChI is InChI=1S/C13H15ClN2O3/c1-3-12-15-13(19-16-12)7-18-11-5-4-9(14)6-10(11)8(2)17/h4-6,8,17H,3,7H2,1-2H3. The van der Waals surface area contributed by atoms with Crippen LogP contribution in [-0.2, 0) is 13.0 Å². The Labute approximate surface area is 116 Å². The lowest BCUT2D eigenvalue weighted by atomic mass is 10.1. The van der Waals surface area contributed by atoms with Gasteiger partial charge in [-0.05, 0) is 25.1 Å². The van der Waals surface area contributed by atoms with Crippen LogP contribution in [0.4, 0.5) is 0 Å². The van der Waals surface area contributed by atoms with Gasteiger partial charge in [-0.3, -0.25) is 0 Å². The van der Waals surface area contributed by atoms with Gasteiger partial charge in [-0.1, -0.05) is 23.7 Å². The largest absolute Gasteiger partial charge is 0.483 e. The molecule has 2 aromatic rings. The molecule has 0 fully saturated rings. The summed E-state index contributed by atoms with van der Waals surface area (Å²) in [5.74, 6) is 1.60. The molecule has 0 saturated carbocycles. The van der Waals surface area contributed by atoms with Gasteiger partial charge in [0.25, 0.3) is 5.89 Å². The SMILES string of the molecule is CCc1noc(COc2ccc(Cl)cc2C(C)O)n1. The van der Waals surface area contributed by atoms with Crippen molar-refractivity contribution in [2.45, 2.75) is 33.0 Å². The number of ether oxygens (including phenoxy) is 1. The lowest BCUT2D eigenvalue weighted by molar-refractivity contribution is 0.185. The maximum Gasteiger partial charge on any atom is 0.264 e. The van der Waals surface area contributed by atoms with Crippen LogP contribution in [0.2, 0.25) is 5.02 Å². The maximum absolute atomic E-state index is 9.68. The van der Waals surface area contributed by atoms with Gasteiger partial charge < -0.3 is 14.4 Å². The Balaban J connectivity index is 2.10. The minimum atomic E-state index is -0.664. The molecule has 1 unspecified atom stereocenters. The summed E-state index contributed by atoms with van der Waals surface area (Å²) in [5.41, 5.74) is 0.628. The maximum atomic E-state index is 9.68. The van der Waals surface area contributed by atoms with E-state index in [-0.39, 0.29) is 6.61 Å². The molecule has 1 N–H and O–H groups in total. The van der Waals surface area contributed by atoms with Gasteiger partial charge in [0.1, 0.15) is 5.75 Å². The number of halogens is 1. The van der Waals surface area contributed by atoms with Crippen molar-refractivity contribution < 1.29 is 14.4 Å². The minimum absolute atomic E-state index is 0.161. The van der Waals surface area contributed by atoms with Gasteiger partial charge in [0, 0.05) is 17.0 Å². The van der Waals surface area contributed by atoms with E-state index in [4.69, 9.17) is 20.9 Å². The molecule has 1 aromatic heterocycles. The predicted molar refractivity (Wildman–Crippen MR) is 70.1 cm³/mol. The van der Waals surface area contributed by atoms with Crippen molar-refractivity contribution in [2.75, 3.05) is 0 Å². The monoisotopic (exact) mass is 282 g/mol. The summed E-state index contributed by atoms with van der Waals surface area (Å²) in [6.07, 6.45) is 0.0474. The molecular weight excluding hydrogens is 268 g/mol. The molecule has 1 heterocycles. The quantitative estimate of drug-likeness (QED) is 0.913. The number of rotatable bonds is 5. The smallest absolute Gasteiger partial charge is 0.264 e. The summed E-state index contributed by atoms with van der Waals surface area (Å²) in [5, 5.41) is 14.0. The lowest BCUT2D eigenvalue weighted by Gasteiger charge is -2.12. The molecule has 19 heavy (non-hydrogen) atoms. The fourth-order valence-corrected chi connectivity index (χ4v) is 1.79. The topological polar surface area (TPSA) is 68.4 Å². The number of hydrogen-bond donors (Lipinski definition) is 1. The molecule has 2 rings (SSSR count). The summed E-state index contributed by atoms with van der Waals surface area (Å²) in [7, 11) is 0. The fraction of sp³-hybridized carbons (Fsp3) is 0.385. The summed E-state index contributed by atoms with van der Waals surface area (Å²) in [6, 6.07) is 5.09. The van der Waals surface area contributed by atoms with E-state index in [1.54, 1.807) is 25.1 Å². The zero-order chi connectivity index (χ0) is 13.8. The lowest BCUT2D eigenvalue weighted by Crippen LogP contribution is -2.01. The van der Waals surface area contributed by atoms with Crippen LogP contribution < -0.4 is 4.74 Å². The third-order valence-electron chi connectivity index (χ3n) is 2.60. The highest BCUT2D eigenvalue weighted by Gasteiger charge is 2.12. The van der Waals surface area contributed by atoms with Gasteiger partial charge in [0.05, 0.1) is 6.10 Å². The van der Waals surface area contributed by atoms with E-state index >= 15 is 0 Å². The van der Waals surface area contributed by atoms with Crippen molar-refractivity contribution >= 4 is 11.6 Å². The third-order valence-corrected chi connectivity index (χ3v) is 2.83. The van der Waals surface area contributed by atoms with Crippen molar-refractivity contribution in [3.05, 3.63) is 40.5 Å². The number of nitrogens with zero attached hydrogens (tertiary/aromatic N) is 2. The van der Waals surface area contributed by atoms with Gasteiger partial charge in [-0.25, -0.2) is 0 Å². The molecule has 0 radical (unpaired) electrons. The van der Waals surface area contributed by atoms with Crippen molar-refractivity contribution in [3.63, 3.8) is 0 Å². The van der Waals surface area contributed by atoms with Crippen molar-refractivity contribution in [1.82, 2.24) is 10.1 Å². The first-order valence-electron chi connectivity index (χ1n) is 6.02. The van der Waals surface area contributed by atoms with Crippen LogP contribution in [0.5, 0.6) is 5.75 Å². The molecule has 0 amide bonds. The van der Waals surface area contributed by atoms with Gasteiger partial charge >= 0.3 is 0 Å². The Morgan fingerprint density at radius 1 is 1.47 bits per heavy atom. The summed E-state index contributed by atoms with van der Waals surface area (Å²) >= 11 is 5.89. The molecule has 1 aromatic carbocycles. The van der Waals surface area contributed by atoms with E-state index < -0.39 is 6.10 Å². The van der Waals surface area contributed by atoms with Crippen LogP contribution in [0.3, 0.4) is 0 Å². The van der Waals surface area contributed by atoms with Crippen LogP contribution in [0.25, 0.3) is 0 Å². The Morgan fingerprint density at radius 2 is 2.26 bits per heavy atom. The van der Waals surface area contributed by atoms with E-state index in [1.807, 2.05) is 6.92 Å². The summed E-state index contributed by atoms with van der Waals surface area (Å²) in [6.45, 7) is 3.76. The first-order valence-corrected chi connectivity index (χ1v) is 6.39. The average Bonchev–Trinajstić information content (AvgIpc) is 2.85. The molecule has 0 spiro atoms. The molecule has 0 saturated heterocycles. The Morgan fingerprint density at radius 3 is 2.89 bits per heavy atom. The summed E-state index contributed by atoms with van der Waals surface area (Å²) < 4.78 is 10.6. The van der Waals surface area contributed by atoms with E-state index in [2.05, 4.69) is 10.1 Å². The second kappa shape index (κ2) is 6.04. The second-order valence-corrected chi connectivity index (χ2v) is 4.54. The van der Waals surface area contributed by atoms with Gasteiger partial charge in [-0.15, -0.1) is 0 Å². The molecular formula is C13H15ClN2O3. The Hall–Kier alpha value is -1.59. The number of aryl methyl sites for hydroxylation is 1. The fourth-order valence-electron chi connectivity index (χ4n) is 1.61. The van der Waals surface area contributed by atoms with E-state index in [0.29, 0.717) is 34.5 Å². The minimum Gasteiger partial charge on any atom is -0.483 e. The normalized spacial score (nSPS) is 12.4. The summed E-state index contributed by atoms with van der Waals surface area (Å²) in [4.78, 5) is 4.14. The van der Waals surface area contributed by atoms with Gasteiger partial charge in [0.15, 0.2) is 12.4 Å². The zero-order valence-corrected chi connectivity index (χ0v) is 11.5. The number of aromatic nitrogens is 2. The Kier molecular flexibility index (Phi) is 4.39. The van der Waals surface area contributed by atoms with Gasteiger partial charge in [0.2, 0.25) is 0 Å². The van der Waals surface area contributed by atoms with Crippen LogP contribution in [0.15, 0.2) is 22.7 Å². The van der Waals surface area contributed by atoms with E-state index in [9.17, 15) is 5.11 Å². The highest BCUT2D eigenvalue weighted by atomic mass is 35.5. The molecule has 6 heteroatoms. The molecule has 102 valence electrons. The van der Waals surface area contributed by atoms with Crippen LogP contribution in [0, 0.1) is 0 Å². The molecule has 0 aliphatic heterocycles. The molecule has 0 aliphatic carbocycles. The van der Waals surface area contributed by atoms with Crippen molar-refractivity contribution in [3.8, 4) is 5.75 Å². The zero-order valence-electron chi connectivity index (χ0n) is 10.8. The first-order chi connectivity index (χ1) is 9.10. The number of benzene rings is 1. The van der Waals surface area contributed by atoms with Crippen molar-refractivity contribution in [1.29, 1.82) is 0 Å². The third kappa shape index (κ3) is 3.45. The molecule has 0 aliphatic rings. The van der Waals surface area contributed by atoms with Gasteiger partial charge in [-0.2, -0.15) is 4.98 Å². The van der Waals surface area contributed by atoms with E-state index in [1.165, 1.54) is 0 Å². The second-order valence-electron chi connectivity index (χ2n) is 4.10. The number of aliphatic hydroxyl groups excluding tert-OH is 1. The van der Waals surface area contributed by atoms with Crippen molar-refractivity contribution in [2.24, 2.45) is 0 Å². The molecule has 1 atom stereocenters. The first kappa shape index (κ1) is 13.8. The van der Waals surface area contributed by atoms with Crippen LogP contribution in [-0.4, -0.2) is 15.2 Å². The number of aliphatic hydroxyl groups is 1. The van der Waals surface area contributed by atoms with Crippen LogP contribution >= 0.6 is 11.6 Å². The van der Waals surface area contributed by atoms with Crippen LogP contribution in [0.1, 0.15) is 37.2 Å². The highest BCUT2D eigenvalue weighted by molar-refractivity contribution is 6.30. The predicted octanol–water partition coefficient (Wildman–Crippen LogP) is 2.92. The highest BCUT2D eigenvalue weighted by Crippen LogP contribution is 2.28. The Bertz CT molecular complexity index is 555. The molecule has 5 nitrogen and oxygen atoms in total. The average molecular weight is 283 g/mol.